The number of carbonyl (C=O) groups excluding carboxylic acids is 3. The average molecular weight is 395 g/mol. The molecule has 0 radical (unpaired) electrons. The van der Waals surface area contributed by atoms with E-state index in [1.165, 1.54) is 13.0 Å². The van der Waals surface area contributed by atoms with Crippen molar-refractivity contribution in [2.75, 3.05) is 31.7 Å². The largest absolute Gasteiger partial charge is 0.459 e. The van der Waals surface area contributed by atoms with Crippen LogP contribution in [0.4, 0.5) is 0 Å². The summed E-state index contributed by atoms with van der Waals surface area (Å²) in [5.41, 5.74) is 0. The highest BCUT2D eigenvalue weighted by molar-refractivity contribution is 8.13. The van der Waals surface area contributed by atoms with Crippen LogP contribution in [0.3, 0.4) is 0 Å². The summed E-state index contributed by atoms with van der Waals surface area (Å²) in [5, 5.41) is -0.143. The Bertz CT molecular complexity index is 589. The standard InChI is InChI=1S/C15H25NO7S2/c1-6-8-22-15(19)13(9-16(7-2)25(5,20)21)23-14(18)11(3)10-24-12(4)17/h6,11,13H,1,7-10H2,2-5H3/t11-,13?/m1/s1. The van der Waals surface area contributed by atoms with E-state index in [2.05, 4.69) is 6.58 Å². The van der Waals surface area contributed by atoms with Crippen molar-refractivity contribution < 1.29 is 32.3 Å². The number of sulfonamides is 1. The van der Waals surface area contributed by atoms with E-state index in [0.29, 0.717) is 0 Å². The van der Waals surface area contributed by atoms with Crippen LogP contribution >= 0.6 is 11.8 Å². The van der Waals surface area contributed by atoms with E-state index in [0.717, 1.165) is 22.3 Å². The zero-order chi connectivity index (χ0) is 19.6. The lowest BCUT2D eigenvalue weighted by molar-refractivity contribution is -0.169. The molecule has 0 aliphatic carbocycles. The van der Waals surface area contributed by atoms with Crippen molar-refractivity contribution >= 4 is 38.8 Å². The van der Waals surface area contributed by atoms with Gasteiger partial charge >= 0.3 is 11.9 Å². The lowest BCUT2D eigenvalue weighted by Crippen LogP contribution is -2.43. The summed E-state index contributed by atoms with van der Waals surface area (Å²) in [5.74, 6) is -2.01. The molecule has 0 aromatic rings. The average Bonchev–Trinajstić information content (AvgIpc) is 2.52. The van der Waals surface area contributed by atoms with E-state index >= 15 is 0 Å². The summed E-state index contributed by atoms with van der Waals surface area (Å²) in [6, 6.07) is 0. The molecule has 0 amide bonds. The highest BCUT2D eigenvalue weighted by Gasteiger charge is 2.31. The highest BCUT2D eigenvalue weighted by Crippen LogP contribution is 2.13. The Balaban J connectivity index is 5.11. The summed E-state index contributed by atoms with van der Waals surface area (Å²) in [6.07, 6.45) is 0.945. The van der Waals surface area contributed by atoms with Crippen LogP contribution in [0.2, 0.25) is 0 Å². The topological polar surface area (TPSA) is 107 Å². The number of ether oxygens (including phenoxy) is 2. The van der Waals surface area contributed by atoms with Gasteiger partial charge in [0.05, 0.1) is 18.7 Å². The molecule has 0 saturated carbocycles. The van der Waals surface area contributed by atoms with Gasteiger partial charge in [-0.15, -0.1) is 0 Å². The molecule has 0 heterocycles. The van der Waals surface area contributed by atoms with Crippen molar-refractivity contribution in [3.63, 3.8) is 0 Å². The monoisotopic (exact) mass is 395 g/mol. The fourth-order valence-corrected chi connectivity index (χ4v) is 3.14. The van der Waals surface area contributed by atoms with E-state index in [9.17, 15) is 22.8 Å². The summed E-state index contributed by atoms with van der Waals surface area (Å²) in [4.78, 5) is 35.2. The smallest absolute Gasteiger partial charge is 0.349 e. The molecule has 0 aromatic carbocycles. The number of hydrogen-bond donors (Lipinski definition) is 0. The van der Waals surface area contributed by atoms with Gasteiger partial charge in [0.2, 0.25) is 16.1 Å². The Morgan fingerprint density at radius 1 is 1.28 bits per heavy atom. The third-order valence-electron chi connectivity index (χ3n) is 2.99. The van der Waals surface area contributed by atoms with E-state index in [-0.39, 0.29) is 30.6 Å². The molecule has 8 nitrogen and oxygen atoms in total. The Kier molecular flexibility index (Phi) is 10.6. The lowest BCUT2D eigenvalue weighted by Gasteiger charge is -2.24. The van der Waals surface area contributed by atoms with Gasteiger partial charge in [0.25, 0.3) is 0 Å². The van der Waals surface area contributed by atoms with Crippen molar-refractivity contribution in [3.8, 4) is 0 Å². The maximum atomic E-state index is 12.1. The molecule has 0 saturated heterocycles. The molecule has 0 spiro atoms. The number of likely N-dealkylation sites (N-methyl/N-ethyl adjacent to an activating group) is 1. The number of thioether (sulfide) groups is 1. The minimum absolute atomic E-state index is 0.0897. The second-order valence-electron chi connectivity index (χ2n) is 5.26. The predicted molar refractivity (Wildman–Crippen MR) is 95.4 cm³/mol. The van der Waals surface area contributed by atoms with Crippen LogP contribution in [0.25, 0.3) is 0 Å². The van der Waals surface area contributed by atoms with Gasteiger partial charge in [-0.25, -0.2) is 13.2 Å². The van der Waals surface area contributed by atoms with Gasteiger partial charge in [-0.2, -0.15) is 4.31 Å². The molecular weight excluding hydrogens is 370 g/mol. The Hall–Kier alpha value is -1.39. The minimum Gasteiger partial charge on any atom is -0.459 e. The number of hydrogen-bond acceptors (Lipinski definition) is 8. The van der Waals surface area contributed by atoms with E-state index in [1.54, 1.807) is 13.8 Å². The Morgan fingerprint density at radius 3 is 2.32 bits per heavy atom. The van der Waals surface area contributed by atoms with Crippen LogP contribution < -0.4 is 0 Å². The summed E-state index contributed by atoms with van der Waals surface area (Å²) in [7, 11) is -3.58. The van der Waals surface area contributed by atoms with Crippen molar-refractivity contribution in [1.29, 1.82) is 0 Å². The molecule has 10 heteroatoms. The third-order valence-corrected chi connectivity index (χ3v) is 5.41. The zero-order valence-corrected chi connectivity index (χ0v) is 16.5. The molecule has 0 bridgehead atoms. The summed E-state index contributed by atoms with van der Waals surface area (Å²) < 4.78 is 34.5. The second-order valence-corrected chi connectivity index (χ2v) is 8.44. The SMILES string of the molecule is C=CCOC(=O)C(CN(CC)S(C)(=O)=O)OC(=O)[C@H](C)CSC(C)=O. The van der Waals surface area contributed by atoms with Crippen LogP contribution in [0.1, 0.15) is 20.8 Å². The molecule has 1 unspecified atom stereocenters. The van der Waals surface area contributed by atoms with Gasteiger partial charge in [-0.05, 0) is 0 Å². The first-order valence-corrected chi connectivity index (χ1v) is 10.4. The molecule has 0 aliphatic rings. The molecule has 0 rings (SSSR count). The Morgan fingerprint density at radius 2 is 1.88 bits per heavy atom. The van der Waals surface area contributed by atoms with Gasteiger partial charge in [0.1, 0.15) is 6.61 Å². The van der Waals surface area contributed by atoms with Gasteiger partial charge in [-0.1, -0.05) is 38.3 Å². The zero-order valence-electron chi connectivity index (χ0n) is 14.9. The number of rotatable bonds is 11. The molecule has 0 aliphatic heterocycles. The van der Waals surface area contributed by atoms with E-state index in [4.69, 9.17) is 9.47 Å². The maximum absolute atomic E-state index is 12.1. The molecular formula is C15H25NO7S2. The number of esters is 2. The van der Waals surface area contributed by atoms with Gasteiger partial charge in [0.15, 0.2) is 5.12 Å². The van der Waals surface area contributed by atoms with Crippen LogP contribution in [0, 0.1) is 5.92 Å². The van der Waals surface area contributed by atoms with Crippen molar-refractivity contribution in [1.82, 2.24) is 4.31 Å². The van der Waals surface area contributed by atoms with Crippen LogP contribution in [-0.2, 0) is 33.9 Å². The molecule has 0 aromatic heterocycles. The van der Waals surface area contributed by atoms with Gasteiger partial charge < -0.3 is 9.47 Å². The van der Waals surface area contributed by atoms with Crippen LogP contribution in [0.15, 0.2) is 12.7 Å². The van der Waals surface area contributed by atoms with Crippen molar-refractivity contribution in [2.24, 2.45) is 5.92 Å². The van der Waals surface area contributed by atoms with Gasteiger partial charge in [0, 0.05) is 19.2 Å². The van der Waals surface area contributed by atoms with E-state index < -0.39 is 34.0 Å². The summed E-state index contributed by atoms with van der Waals surface area (Å²) >= 11 is 0.964. The fraction of sp³-hybridized carbons (Fsp3) is 0.667. The first-order chi connectivity index (χ1) is 11.5. The first-order valence-electron chi connectivity index (χ1n) is 7.59. The highest BCUT2D eigenvalue weighted by atomic mass is 32.2. The second kappa shape index (κ2) is 11.3. The minimum atomic E-state index is -3.58. The number of nitrogens with zero attached hydrogens (tertiary/aromatic N) is 1. The lowest BCUT2D eigenvalue weighted by atomic mass is 10.2. The van der Waals surface area contributed by atoms with Crippen LogP contribution in [-0.4, -0.2) is 67.6 Å². The quantitative estimate of drug-likeness (QED) is 0.374. The Labute approximate surface area is 153 Å². The summed E-state index contributed by atoms with van der Waals surface area (Å²) in [6.45, 7) is 7.62. The van der Waals surface area contributed by atoms with Crippen molar-refractivity contribution in [3.05, 3.63) is 12.7 Å². The molecule has 2 atom stereocenters. The predicted octanol–water partition coefficient (Wildman–Crippen LogP) is 0.825. The third kappa shape index (κ3) is 9.61. The van der Waals surface area contributed by atoms with Crippen LogP contribution in [0.5, 0.6) is 0 Å². The normalized spacial score (nSPS) is 13.8. The molecule has 0 N–H and O–H groups in total. The molecule has 0 fully saturated rings. The van der Waals surface area contributed by atoms with E-state index in [1.807, 2.05) is 0 Å². The van der Waals surface area contributed by atoms with Gasteiger partial charge in [-0.3, -0.25) is 9.59 Å². The van der Waals surface area contributed by atoms with Crippen molar-refractivity contribution in [2.45, 2.75) is 26.9 Å². The first kappa shape index (κ1) is 23.6. The molecule has 144 valence electrons. The number of carbonyl (C=O) groups is 3. The maximum Gasteiger partial charge on any atom is 0.349 e. The molecule has 25 heavy (non-hydrogen) atoms. The fourth-order valence-electron chi connectivity index (χ4n) is 1.64.